The Kier molecular flexibility index (Phi) is 11.5. The van der Waals surface area contributed by atoms with Crippen LogP contribution < -0.4 is 0 Å². The molecule has 0 aromatic rings. The van der Waals surface area contributed by atoms with Crippen molar-refractivity contribution in [2.45, 2.75) is 0 Å². The number of carbonyl (C=O) groups excluding carboxylic acids is 1. The first-order chi connectivity index (χ1) is 1.91. The predicted octanol–water partition coefficient (Wildman–Crippen LogP) is -0.0713. The monoisotopic (exact) mass is 301 g/mol. The van der Waals surface area contributed by atoms with Crippen LogP contribution in [0.25, 0.3) is 0 Å². The minimum absolute atomic E-state index is 0. The molecule has 22 valence electrons. The molecule has 4 heavy (non-hydrogen) atoms. The van der Waals surface area contributed by atoms with E-state index in [9.17, 15) is 0 Å². The van der Waals surface area contributed by atoms with E-state index in [1.165, 1.54) is 6.03 Å². The Morgan fingerprint density at radius 2 is 2.50 bits per heavy atom. The van der Waals surface area contributed by atoms with Crippen molar-refractivity contribution in [1.82, 2.24) is 0 Å². The normalized spacial score (nSPS) is 9.50. The van der Waals surface area contributed by atoms with Crippen LogP contribution in [-0.4, -0.2) is 7.31 Å². The summed E-state index contributed by atoms with van der Waals surface area (Å²) in [6.45, 7) is 0. The molecule has 1 unspecified atom stereocenters. The fourth-order valence-electron chi connectivity index (χ4n) is 0. The van der Waals surface area contributed by atoms with Crippen molar-refractivity contribution < 1.29 is 35.9 Å². The maximum atomic E-state index is 8.87. The molecular formula is CH2OPU-. The van der Waals surface area contributed by atoms with Gasteiger partial charge in [0.15, 0.2) is 0 Å². The molecule has 3 heteroatoms. The summed E-state index contributed by atoms with van der Waals surface area (Å²) in [6, 6.07) is 1.38. The molecule has 0 amide bonds. The van der Waals surface area contributed by atoms with E-state index in [-0.39, 0.29) is 31.1 Å². The number of hydrogen-bond acceptors (Lipinski definition) is 1. The van der Waals surface area contributed by atoms with Crippen LogP contribution in [0, 0.1) is 31.1 Å². The van der Waals surface area contributed by atoms with E-state index >= 15 is 0 Å². The molecular weight excluding hydrogens is 297 g/mol. The summed E-state index contributed by atoms with van der Waals surface area (Å²) in [6.07, 6.45) is 0. The van der Waals surface area contributed by atoms with Gasteiger partial charge in [-0.05, 0) is 0 Å². The van der Waals surface area contributed by atoms with Gasteiger partial charge >= 0.3 is 0 Å². The Labute approximate surface area is 52.4 Å². The van der Waals surface area contributed by atoms with Gasteiger partial charge in [0.25, 0.3) is 0 Å². The molecule has 0 radical (unpaired) electrons. The van der Waals surface area contributed by atoms with Crippen LogP contribution in [0.4, 0.5) is 0 Å². The number of hydrogen-bond donors (Lipinski definition) is 0. The predicted molar refractivity (Wildman–Crippen MR) is 15.4 cm³/mol. The van der Waals surface area contributed by atoms with Gasteiger partial charge in [0.05, 0.1) is 0 Å². The van der Waals surface area contributed by atoms with Crippen molar-refractivity contribution >= 4 is 15.2 Å². The summed E-state index contributed by atoms with van der Waals surface area (Å²) in [5.74, 6) is 0. The van der Waals surface area contributed by atoms with E-state index in [4.69, 9.17) is 6.07 Å². The smallest absolute Gasteiger partial charge is 0.0227 e. The molecule has 0 aliphatic carbocycles. The van der Waals surface area contributed by atoms with Gasteiger partial charge in [0.2, 0.25) is 0 Å². The Morgan fingerprint density at radius 1 is 2.25 bits per heavy atom. The van der Waals surface area contributed by atoms with Crippen LogP contribution in [-0.2, 0) is 4.79 Å². The Hall–Kier alpha value is 1.15. The Balaban J connectivity index is 0. The molecule has 0 N–H and O–H groups in total. The average Bonchev–Trinajstić information content (AvgIpc) is 1.37. The second-order valence-corrected chi connectivity index (χ2v) is 0.306. The maximum Gasteiger partial charge on any atom is 0.0227 e. The topological polar surface area (TPSA) is 17.1 Å². The van der Waals surface area contributed by atoms with Gasteiger partial charge in [-0.2, -0.15) is 0 Å². The average molecular weight is 301 g/mol. The van der Waals surface area contributed by atoms with Gasteiger partial charge in [-0.15, -0.1) is 0 Å². The fraction of sp³-hybridized carbons (Fsp3) is 0. The molecule has 0 bridgehead atoms. The quantitative estimate of drug-likeness (QED) is 0.489. The molecule has 0 fully saturated rings. The fourth-order valence-corrected chi connectivity index (χ4v) is 0. The summed E-state index contributed by atoms with van der Waals surface area (Å²) in [4.78, 5) is 8.87. The summed E-state index contributed by atoms with van der Waals surface area (Å²) in [7, 11) is -0.415. The molecule has 0 saturated heterocycles. The van der Waals surface area contributed by atoms with E-state index < -0.39 is 9.18 Å². The van der Waals surface area contributed by atoms with Gasteiger partial charge in [0, 0.05) is 32.4 Å². The third kappa shape index (κ3) is 11.0. The largest absolute Gasteiger partial charge is 0.537 e. The van der Waals surface area contributed by atoms with E-state index in [2.05, 4.69) is 0 Å². The number of rotatable bonds is 1. The third-order valence-corrected chi connectivity index (χ3v) is 0. The molecule has 0 heterocycles. The SMILES string of the molecule is [3H]P[C-]=O.[U]. The molecule has 0 aromatic heterocycles. The van der Waals surface area contributed by atoms with Crippen LogP contribution >= 0.6 is 9.18 Å². The first-order valence-electron chi connectivity index (χ1n) is 0.954. The summed E-state index contributed by atoms with van der Waals surface area (Å²) < 4.78 is 6.06. The minimum Gasteiger partial charge on any atom is -0.537 e. The summed E-state index contributed by atoms with van der Waals surface area (Å²) >= 11 is 0. The molecule has 1 atom stereocenters. The zero-order chi connectivity index (χ0) is 3.41. The Bertz CT molecular complexity index is 25.6. The van der Waals surface area contributed by atoms with Gasteiger partial charge in [-0.25, -0.2) is 6.03 Å². The van der Waals surface area contributed by atoms with Crippen molar-refractivity contribution in [1.29, 1.82) is 1.28 Å². The molecule has 0 aliphatic rings. The van der Waals surface area contributed by atoms with Crippen molar-refractivity contribution in [3.05, 3.63) is 0 Å². The first kappa shape index (κ1) is 5.15. The van der Waals surface area contributed by atoms with Gasteiger partial charge in [-0.3, -0.25) is 9.18 Å². The van der Waals surface area contributed by atoms with Crippen LogP contribution in [0.1, 0.15) is 0 Å². The Morgan fingerprint density at radius 3 is 2.50 bits per heavy atom. The van der Waals surface area contributed by atoms with E-state index in [0.717, 1.165) is 0 Å². The zero-order valence-corrected chi connectivity index (χ0v) is 7.07. The second-order valence-electron chi connectivity index (χ2n) is 0.102. The van der Waals surface area contributed by atoms with Crippen LogP contribution in [0.3, 0.4) is 0 Å². The van der Waals surface area contributed by atoms with E-state index in [0.29, 0.717) is 0 Å². The van der Waals surface area contributed by atoms with Gasteiger partial charge in [-0.1, -0.05) is 0 Å². The van der Waals surface area contributed by atoms with Crippen molar-refractivity contribution in [2.75, 3.05) is 0 Å². The van der Waals surface area contributed by atoms with Crippen molar-refractivity contribution in [3.8, 4) is 0 Å². The van der Waals surface area contributed by atoms with Gasteiger partial charge in [0.1, 0.15) is 0 Å². The molecule has 0 aromatic carbocycles. The maximum absolute atomic E-state index is 8.87. The molecule has 1 nitrogen and oxygen atoms in total. The minimum atomic E-state index is -0.415. The van der Waals surface area contributed by atoms with E-state index in [1.807, 2.05) is 0 Å². The van der Waals surface area contributed by atoms with Crippen molar-refractivity contribution in [2.24, 2.45) is 0 Å². The van der Waals surface area contributed by atoms with Crippen molar-refractivity contribution in [3.63, 3.8) is 0 Å². The van der Waals surface area contributed by atoms with Crippen LogP contribution in [0.15, 0.2) is 0 Å². The molecule has 0 saturated carbocycles. The molecule has 0 spiro atoms. The second kappa shape index (κ2) is 8.91. The van der Waals surface area contributed by atoms with Crippen LogP contribution in [0.5, 0.6) is 0 Å². The van der Waals surface area contributed by atoms with E-state index in [1.54, 1.807) is 0 Å². The standard InChI is InChI=1S/CH2OP.U/c2-1-3;/h3H2;/q-1;/i3T;. The van der Waals surface area contributed by atoms with Crippen LogP contribution in [0.2, 0.25) is 0 Å². The first-order valence-corrected chi connectivity index (χ1v) is 0.954. The zero-order valence-electron chi connectivity index (χ0n) is 2.91. The van der Waals surface area contributed by atoms with Gasteiger partial charge < -0.3 is 4.79 Å². The third-order valence-electron chi connectivity index (χ3n) is 0. The molecule has 0 rings (SSSR count). The molecule has 0 aliphatic heterocycles. The summed E-state index contributed by atoms with van der Waals surface area (Å²) in [5.41, 5.74) is 0. The summed E-state index contributed by atoms with van der Waals surface area (Å²) in [5, 5.41) is 0.